The molecule has 0 heterocycles. The lowest BCUT2D eigenvalue weighted by Gasteiger charge is -2.14. The number of phenolic OH excluding ortho intramolecular Hbond substituents is 2. The van der Waals surface area contributed by atoms with Crippen molar-refractivity contribution in [3.05, 3.63) is 46.5 Å². The maximum Gasteiger partial charge on any atom is 0.126 e. The van der Waals surface area contributed by atoms with E-state index in [1.165, 1.54) is 0 Å². The molecule has 4 heteroatoms. The fourth-order valence-electron chi connectivity index (χ4n) is 2.58. The van der Waals surface area contributed by atoms with E-state index in [1.807, 2.05) is 38.1 Å². The first kappa shape index (κ1) is 16.3. The number of hydrogen-bond donors (Lipinski definition) is 2. The summed E-state index contributed by atoms with van der Waals surface area (Å²) in [5, 5.41) is 20.2. The van der Waals surface area contributed by atoms with Gasteiger partial charge in [-0.05, 0) is 60.4 Å². The van der Waals surface area contributed by atoms with Crippen LogP contribution in [0.25, 0.3) is 11.1 Å². The fraction of sp³-hybridized carbons (Fsp3) is 0.333. The van der Waals surface area contributed by atoms with Gasteiger partial charge in [-0.1, -0.05) is 0 Å². The SMILES string of the molecule is COCc1cc(-c2cc(C)c(O)c(C)c2)cc(COC)c1O. The van der Waals surface area contributed by atoms with E-state index in [0.29, 0.717) is 19.0 Å². The highest BCUT2D eigenvalue weighted by molar-refractivity contribution is 5.70. The number of aromatic hydroxyl groups is 2. The minimum absolute atomic E-state index is 0.208. The third kappa shape index (κ3) is 3.24. The zero-order valence-electron chi connectivity index (χ0n) is 13.4. The van der Waals surface area contributed by atoms with Crippen LogP contribution in [0.1, 0.15) is 22.3 Å². The summed E-state index contributed by atoms with van der Waals surface area (Å²) >= 11 is 0. The molecule has 0 unspecified atom stereocenters. The van der Waals surface area contributed by atoms with Gasteiger partial charge >= 0.3 is 0 Å². The fourth-order valence-corrected chi connectivity index (χ4v) is 2.58. The lowest BCUT2D eigenvalue weighted by molar-refractivity contribution is 0.174. The standard InChI is InChI=1S/C18H22O4/c1-11-5-13(6-12(2)17(11)19)14-7-15(9-21-3)18(20)16(8-14)10-22-4/h5-8,19-20H,9-10H2,1-4H3. The molecule has 4 nitrogen and oxygen atoms in total. The summed E-state index contributed by atoms with van der Waals surface area (Å²) in [4.78, 5) is 0. The molecular weight excluding hydrogens is 280 g/mol. The first-order valence-corrected chi connectivity index (χ1v) is 7.11. The van der Waals surface area contributed by atoms with E-state index in [2.05, 4.69) is 0 Å². The number of rotatable bonds is 5. The second-order valence-electron chi connectivity index (χ2n) is 5.47. The van der Waals surface area contributed by atoms with Crippen molar-refractivity contribution in [1.82, 2.24) is 0 Å². The molecule has 2 rings (SSSR count). The monoisotopic (exact) mass is 302 g/mol. The van der Waals surface area contributed by atoms with E-state index in [1.54, 1.807) is 14.2 Å². The Balaban J connectivity index is 2.59. The van der Waals surface area contributed by atoms with Crippen molar-refractivity contribution in [2.75, 3.05) is 14.2 Å². The van der Waals surface area contributed by atoms with Crippen LogP contribution >= 0.6 is 0 Å². The van der Waals surface area contributed by atoms with Crippen LogP contribution in [0.4, 0.5) is 0 Å². The van der Waals surface area contributed by atoms with Crippen LogP contribution in [0.15, 0.2) is 24.3 Å². The average molecular weight is 302 g/mol. The Labute approximate surface area is 130 Å². The summed E-state index contributed by atoms with van der Waals surface area (Å²) < 4.78 is 10.3. The van der Waals surface area contributed by atoms with Gasteiger partial charge in [-0.25, -0.2) is 0 Å². The molecule has 22 heavy (non-hydrogen) atoms. The zero-order chi connectivity index (χ0) is 16.3. The lowest BCUT2D eigenvalue weighted by Crippen LogP contribution is -1.97. The van der Waals surface area contributed by atoms with Crippen molar-refractivity contribution in [1.29, 1.82) is 0 Å². The summed E-state index contributed by atoms with van der Waals surface area (Å²) in [7, 11) is 3.19. The third-order valence-electron chi connectivity index (χ3n) is 3.69. The van der Waals surface area contributed by atoms with Crippen molar-refractivity contribution >= 4 is 0 Å². The second-order valence-corrected chi connectivity index (χ2v) is 5.47. The molecule has 2 N–H and O–H groups in total. The maximum atomic E-state index is 10.3. The Morgan fingerprint density at radius 1 is 0.727 bits per heavy atom. The Kier molecular flexibility index (Phi) is 5.06. The number of methoxy groups -OCH3 is 2. The first-order chi connectivity index (χ1) is 10.5. The van der Waals surface area contributed by atoms with Crippen molar-refractivity contribution in [3.8, 4) is 22.6 Å². The van der Waals surface area contributed by atoms with Gasteiger partial charge in [0.25, 0.3) is 0 Å². The molecule has 0 aromatic heterocycles. The van der Waals surface area contributed by atoms with E-state index in [9.17, 15) is 10.2 Å². The quantitative estimate of drug-likeness (QED) is 0.884. The molecular formula is C18H22O4. The minimum Gasteiger partial charge on any atom is -0.507 e. The smallest absolute Gasteiger partial charge is 0.126 e. The normalized spacial score (nSPS) is 10.9. The molecule has 0 amide bonds. The predicted octanol–water partition coefficient (Wildman–Crippen LogP) is 3.67. The highest BCUT2D eigenvalue weighted by Gasteiger charge is 2.13. The van der Waals surface area contributed by atoms with Crippen molar-refractivity contribution in [3.63, 3.8) is 0 Å². The topological polar surface area (TPSA) is 58.9 Å². The van der Waals surface area contributed by atoms with Gasteiger partial charge in [-0.15, -0.1) is 0 Å². The van der Waals surface area contributed by atoms with Gasteiger partial charge in [-0.3, -0.25) is 0 Å². The van der Waals surface area contributed by atoms with Crippen LogP contribution in [0.3, 0.4) is 0 Å². The highest BCUT2D eigenvalue weighted by Crippen LogP contribution is 2.34. The summed E-state index contributed by atoms with van der Waals surface area (Å²) in [6.45, 7) is 4.40. The molecule has 0 atom stereocenters. The van der Waals surface area contributed by atoms with Gasteiger partial charge in [0.2, 0.25) is 0 Å². The molecule has 2 aromatic rings. The maximum absolute atomic E-state index is 10.3. The van der Waals surface area contributed by atoms with Gasteiger partial charge in [-0.2, -0.15) is 0 Å². The van der Waals surface area contributed by atoms with Crippen molar-refractivity contribution in [2.45, 2.75) is 27.1 Å². The summed E-state index contributed by atoms with van der Waals surface area (Å²) in [5.74, 6) is 0.524. The van der Waals surface area contributed by atoms with Gasteiger partial charge in [0.15, 0.2) is 0 Å². The molecule has 0 aliphatic carbocycles. The van der Waals surface area contributed by atoms with Crippen LogP contribution in [0.2, 0.25) is 0 Å². The van der Waals surface area contributed by atoms with Crippen molar-refractivity contribution < 1.29 is 19.7 Å². The van der Waals surface area contributed by atoms with Gasteiger partial charge in [0, 0.05) is 25.3 Å². The van der Waals surface area contributed by atoms with Crippen LogP contribution in [0.5, 0.6) is 11.5 Å². The summed E-state index contributed by atoms with van der Waals surface area (Å²) in [5.41, 5.74) is 5.03. The Hall–Kier alpha value is -2.04. The zero-order valence-corrected chi connectivity index (χ0v) is 13.4. The molecule has 0 bridgehead atoms. The van der Waals surface area contributed by atoms with E-state index < -0.39 is 0 Å². The molecule has 118 valence electrons. The Morgan fingerprint density at radius 3 is 1.55 bits per heavy atom. The molecule has 0 aliphatic heterocycles. The number of benzene rings is 2. The molecule has 0 aliphatic rings. The van der Waals surface area contributed by atoms with Gasteiger partial charge in [0.1, 0.15) is 11.5 Å². The average Bonchev–Trinajstić information content (AvgIpc) is 2.48. The van der Waals surface area contributed by atoms with Crippen molar-refractivity contribution in [2.24, 2.45) is 0 Å². The van der Waals surface area contributed by atoms with E-state index in [4.69, 9.17) is 9.47 Å². The second kappa shape index (κ2) is 6.81. The predicted molar refractivity (Wildman–Crippen MR) is 86.1 cm³/mol. The lowest BCUT2D eigenvalue weighted by atomic mass is 9.96. The Morgan fingerprint density at radius 2 is 1.14 bits per heavy atom. The minimum atomic E-state index is 0.208. The van der Waals surface area contributed by atoms with E-state index in [0.717, 1.165) is 33.4 Å². The molecule has 0 spiro atoms. The molecule has 0 saturated heterocycles. The largest absolute Gasteiger partial charge is 0.507 e. The Bertz CT molecular complexity index is 627. The number of hydrogen-bond acceptors (Lipinski definition) is 4. The van der Waals surface area contributed by atoms with Gasteiger partial charge < -0.3 is 19.7 Å². The number of phenols is 2. The third-order valence-corrected chi connectivity index (χ3v) is 3.69. The molecule has 0 radical (unpaired) electrons. The summed E-state index contributed by atoms with van der Waals surface area (Å²) in [6, 6.07) is 7.68. The van der Waals surface area contributed by atoms with Crippen LogP contribution < -0.4 is 0 Å². The molecule has 0 fully saturated rings. The summed E-state index contributed by atoms with van der Waals surface area (Å²) in [6.07, 6.45) is 0. The highest BCUT2D eigenvalue weighted by atomic mass is 16.5. The molecule has 0 saturated carbocycles. The van der Waals surface area contributed by atoms with E-state index >= 15 is 0 Å². The number of aryl methyl sites for hydroxylation is 2. The van der Waals surface area contributed by atoms with Crippen LogP contribution in [0, 0.1) is 13.8 Å². The van der Waals surface area contributed by atoms with E-state index in [-0.39, 0.29) is 5.75 Å². The number of ether oxygens (including phenoxy) is 2. The first-order valence-electron chi connectivity index (χ1n) is 7.11. The van der Waals surface area contributed by atoms with Gasteiger partial charge in [0.05, 0.1) is 13.2 Å². The van der Waals surface area contributed by atoms with Crippen LogP contribution in [-0.4, -0.2) is 24.4 Å². The molecule has 2 aromatic carbocycles. The van der Waals surface area contributed by atoms with Crippen LogP contribution in [-0.2, 0) is 22.7 Å².